The number of nitrogens with one attached hydrogen (secondary N) is 2. The second kappa shape index (κ2) is 6.63. The number of benzene rings is 1. The fourth-order valence-corrected chi connectivity index (χ4v) is 2.10. The number of amides is 1. The number of aromatic amines is 1. The van der Waals surface area contributed by atoms with Crippen LogP contribution in [-0.2, 0) is 9.53 Å². The Balaban J connectivity index is 1.91. The van der Waals surface area contributed by atoms with Crippen LogP contribution in [0.2, 0.25) is 5.02 Å². The normalized spacial score (nSPS) is 10.9. The summed E-state index contributed by atoms with van der Waals surface area (Å²) in [5, 5.41) is 4.16. The third-order valence-corrected chi connectivity index (χ3v) is 3.04. The lowest BCUT2D eigenvalue weighted by atomic mass is 10.2. The lowest BCUT2D eigenvalue weighted by Crippen LogP contribution is -2.27. The minimum atomic E-state index is -0.325. The molecular weight excluding hydrogens is 292 g/mol. The van der Waals surface area contributed by atoms with Crippen LogP contribution in [-0.4, -0.2) is 29.5 Å². The highest BCUT2D eigenvalue weighted by molar-refractivity contribution is 6.31. The van der Waals surface area contributed by atoms with Crippen molar-refractivity contribution in [2.24, 2.45) is 0 Å². The Morgan fingerprint density at radius 2 is 2.10 bits per heavy atom. The molecule has 0 aliphatic rings. The van der Waals surface area contributed by atoms with Crippen LogP contribution in [0.25, 0.3) is 10.9 Å². The number of H-pyrrole nitrogens is 1. The highest BCUT2D eigenvalue weighted by atomic mass is 35.5. The lowest BCUT2D eigenvalue weighted by Gasteiger charge is -2.08. The van der Waals surface area contributed by atoms with Gasteiger partial charge in [-0.2, -0.15) is 0 Å². The molecule has 0 unspecified atom stereocenters. The number of carbonyl (C=O) groups is 2. The lowest BCUT2D eigenvalue weighted by molar-refractivity contribution is -0.147. The zero-order chi connectivity index (χ0) is 15.4. The van der Waals surface area contributed by atoms with Crippen molar-refractivity contribution in [1.29, 1.82) is 0 Å². The first kappa shape index (κ1) is 15.4. The van der Waals surface area contributed by atoms with Crippen LogP contribution in [0.1, 0.15) is 30.8 Å². The third-order valence-electron chi connectivity index (χ3n) is 2.81. The van der Waals surface area contributed by atoms with E-state index in [4.69, 9.17) is 16.3 Å². The van der Waals surface area contributed by atoms with Crippen LogP contribution in [0.3, 0.4) is 0 Å². The van der Waals surface area contributed by atoms with E-state index in [1.807, 2.05) is 6.07 Å². The van der Waals surface area contributed by atoms with Gasteiger partial charge in [0, 0.05) is 22.5 Å². The van der Waals surface area contributed by atoms with Gasteiger partial charge in [0.2, 0.25) is 0 Å². The average Bonchev–Trinajstić information content (AvgIpc) is 2.80. The summed E-state index contributed by atoms with van der Waals surface area (Å²) in [6.45, 7) is 3.80. The van der Waals surface area contributed by atoms with Gasteiger partial charge in [0.1, 0.15) is 5.69 Å². The van der Waals surface area contributed by atoms with E-state index in [1.165, 1.54) is 0 Å². The summed E-state index contributed by atoms with van der Waals surface area (Å²) in [5.41, 5.74) is 1.27. The van der Waals surface area contributed by atoms with Crippen LogP contribution in [0, 0.1) is 0 Å². The highest BCUT2D eigenvalue weighted by Crippen LogP contribution is 2.19. The molecule has 21 heavy (non-hydrogen) atoms. The van der Waals surface area contributed by atoms with Crippen molar-refractivity contribution in [3.05, 3.63) is 35.0 Å². The number of aromatic nitrogens is 1. The molecule has 0 bridgehead atoms. The van der Waals surface area contributed by atoms with Crippen LogP contribution in [0.4, 0.5) is 0 Å². The zero-order valence-corrected chi connectivity index (χ0v) is 12.7. The van der Waals surface area contributed by atoms with E-state index in [2.05, 4.69) is 10.3 Å². The van der Waals surface area contributed by atoms with Crippen molar-refractivity contribution in [2.45, 2.75) is 26.4 Å². The number of fused-ring (bicyclic) bond motifs is 1. The summed E-state index contributed by atoms with van der Waals surface area (Å²) in [6, 6.07) is 7.08. The number of rotatable bonds is 5. The van der Waals surface area contributed by atoms with Gasteiger partial charge in [0.15, 0.2) is 0 Å². The summed E-state index contributed by atoms with van der Waals surface area (Å²) < 4.78 is 4.99. The molecule has 0 fully saturated rings. The second-order valence-electron chi connectivity index (χ2n) is 4.96. The van der Waals surface area contributed by atoms with Gasteiger partial charge in [0.05, 0.1) is 12.5 Å². The molecule has 0 spiro atoms. The molecule has 1 heterocycles. The number of ether oxygens (including phenoxy) is 1. The first-order valence-electron chi connectivity index (χ1n) is 6.71. The van der Waals surface area contributed by atoms with Gasteiger partial charge in [-0.05, 0) is 38.1 Å². The molecule has 0 saturated carbocycles. The Morgan fingerprint density at radius 1 is 1.33 bits per heavy atom. The second-order valence-corrected chi connectivity index (χ2v) is 5.40. The molecule has 6 heteroatoms. The smallest absolute Gasteiger partial charge is 0.307 e. The maximum absolute atomic E-state index is 12.0. The molecule has 2 N–H and O–H groups in total. The van der Waals surface area contributed by atoms with E-state index < -0.39 is 0 Å². The van der Waals surface area contributed by atoms with Crippen LogP contribution < -0.4 is 5.32 Å². The van der Waals surface area contributed by atoms with Gasteiger partial charge in [-0.15, -0.1) is 0 Å². The molecule has 5 nitrogen and oxygen atoms in total. The number of esters is 1. The maximum atomic E-state index is 12.0. The molecular formula is C15H17ClN2O3. The largest absolute Gasteiger partial charge is 0.463 e. The molecule has 0 saturated heterocycles. The summed E-state index contributed by atoms with van der Waals surface area (Å²) in [7, 11) is 0. The first-order valence-corrected chi connectivity index (χ1v) is 7.09. The van der Waals surface area contributed by atoms with Gasteiger partial charge in [-0.3, -0.25) is 9.59 Å². The quantitative estimate of drug-likeness (QED) is 0.834. The summed E-state index contributed by atoms with van der Waals surface area (Å²) in [5.74, 6) is -0.589. The molecule has 112 valence electrons. The van der Waals surface area contributed by atoms with E-state index in [0.29, 0.717) is 10.7 Å². The molecule has 1 aromatic heterocycles. The predicted octanol–water partition coefficient (Wildman–Crippen LogP) is 2.89. The van der Waals surface area contributed by atoms with E-state index >= 15 is 0 Å². The monoisotopic (exact) mass is 308 g/mol. The van der Waals surface area contributed by atoms with Crippen LogP contribution >= 0.6 is 11.6 Å². The fraction of sp³-hybridized carbons (Fsp3) is 0.333. The SMILES string of the molecule is CC(C)OC(=O)CCNC(=O)c1cc2cc(Cl)ccc2[nH]1. The predicted molar refractivity (Wildman–Crippen MR) is 81.5 cm³/mol. The molecule has 1 amide bonds. The molecule has 0 aliphatic carbocycles. The minimum absolute atomic E-state index is 0.147. The summed E-state index contributed by atoms with van der Waals surface area (Å²) in [4.78, 5) is 26.3. The van der Waals surface area contributed by atoms with Crippen molar-refractivity contribution in [1.82, 2.24) is 10.3 Å². The molecule has 0 radical (unpaired) electrons. The van der Waals surface area contributed by atoms with Gasteiger partial charge < -0.3 is 15.0 Å². The van der Waals surface area contributed by atoms with Crippen LogP contribution in [0.15, 0.2) is 24.3 Å². The molecule has 0 atom stereocenters. The maximum Gasteiger partial charge on any atom is 0.307 e. The standard InChI is InChI=1S/C15H17ClN2O3/c1-9(2)21-14(19)5-6-17-15(20)13-8-10-7-11(16)3-4-12(10)18-13/h3-4,7-9,18H,5-6H2,1-2H3,(H,17,20). The van der Waals surface area contributed by atoms with Crippen molar-refractivity contribution in [2.75, 3.05) is 6.54 Å². The Hall–Kier alpha value is -2.01. The van der Waals surface area contributed by atoms with Crippen molar-refractivity contribution >= 4 is 34.4 Å². The number of halogens is 1. The topological polar surface area (TPSA) is 71.2 Å². The van der Waals surface area contributed by atoms with E-state index in [9.17, 15) is 9.59 Å². The van der Waals surface area contributed by atoms with Crippen molar-refractivity contribution in [3.8, 4) is 0 Å². The Labute approximate surface area is 127 Å². The summed E-state index contributed by atoms with van der Waals surface area (Å²) >= 11 is 5.90. The number of carbonyl (C=O) groups excluding carboxylic acids is 2. The van der Waals surface area contributed by atoms with E-state index in [0.717, 1.165) is 10.9 Å². The Kier molecular flexibility index (Phi) is 4.85. The molecule has 1 aromatic carbocycles. The molecule has 2 rings (SSSR count). The Morgan fingerprint density at radius 3 is 2.81 bits per heavy atom. The fourth-order valence-electron chi connectivity index (χ4n) is 1.92. The number of hydrogen-bond donors (Lipinski definition) is 2. The Bertz CT molecular complexity index is 664. The van der Waals surface area contributed by atoms with Gasteiger partial charge in [-0.1, -0.05) is 11.6 Å². The highest BCUT2D eigenvalue weighted by Gasteiger charge is 2.11. The average molecular weight is 309 g/mol. The first-order chi connectivity index (χ1) is 9.95. The van der Waals surface area contributed by atoms with Crippen molar-refractivity contribution in [3.63, 3.8) is 0 Å². The van der Waals surface area contributed by atoms with Gasteiger partial charge in [0.25, 0.3) is 5.91 Å². The van der Waals surface area contributed by atoms with Gasteiger partial charge in [-0.25, -0.2) is 0 Å². The number of hydrogen-bond acceptors (Lipinski definition) is 3. The minimum Gasteiger partial charge on any atom is -0.463 e. The molecule has 2 aromatic rings. The van der Waals surface area contributed by atoms with Crippen LogP contribution in [0.5, 0.6) is 0 Å². The summed E-state index contributed by atoms with van der Waals surface area (Å²) in [6.07, 6.45) is 0.00217. The third kappa shape index (κ3) is 4.23. The molecule has 0 aliphatic heterocycles. The van der Waals surface area contributed by atoms with Gasteiger partial charge >= 0.3 is 5.97 Å². The van der Waals surface area contributed by atoms with E-state index in [-0.39, 0.29) is 30.9 Å². The van der Waals surface area contributed by atoms with Crippen molar-refractivity contribution < 1.29 is 14.3 Å². The zero-order valence-electron chi connectivity index (χ0n) is 11.9. The van der Waals surface area contributed by atoms with E-state index in [1.54, 1.807) is 32.0 Å².